The molecule has 31 heavy (non-hydrogen) atoms. The topological polar surface area (TPSA) is 75.2 Å². The second-order valence-electron chi connectivity index (χ2n) is 7.43. The van der Waals surface area contributed by atoms with Crippen molar-refractivity contribution in [2.24, 2.45) is 0 Å². The van der Waals surface area contributed by atoms with E-state index in [9.17, 15) is 14.0 Å². The number of anilines is 1. The van der Waals surface area contributed by atoms with Gasteiger partial charge in [0.05, 0.1) is 11.3 Å². The van der Waals surface area contributed by atoms with Gasteiger partial charge in [-0.05, 0) is 61.9 Å². The highest BCUT2D eigenvalue weighted by Crippen LogP contribution is 2.26. The maximum atomic E-state index is 13.1. The number of carbonyl (C=O) groups is 2. The average molecular weight is 439 g/mol. The van der Waals surface area contributed by atoms with Crippen molar-refractivity contribution in [3.8, 4) is 0 Å². The lowest BCUT2D eigenvalue weighted by atomic mass is 10.1. The molecule has 1 aliphatic rings. The molecule has 6 nitrogen and oxygen atoms in total. The van der Waals surface area contributed by atoms with E-state index in [1.807, 2.05) is 0 Å². The van der Waals surface area contributed by atoms with Gasteiger partial charge in [-0.1, -0.05) is 11.6 Å². The number of amides is 2. The molecule has 2 amide bonds. The molecule has 0 saturated carbocycles. The van der Waals surface area contributed by atoms with Crippen LogP contribution in [0.3, 0.4) is 0 Å². The number of aryl methyl sites for hydroxylation is 1. The molecular weight excluding hydrogens is 419 g/mol. The Labute approximate surface area is 184 Å². The predicted molar refractivity (Wildman–Crippen MR) is 116 cm³/mol. The molecule has 1 saturated heterocycles. The van der Waals surface area contributed by atoms with E-state index in [0.29, 0.717) is 46.4 Å². The van der Waals surface area contributed by atoms with Gasteiger partial charge < -0.3 is 10.2 Å². The molecule has 2 aromatic carbocycles. The van der Waals surface area contributed by atoms with Gasteiger partial charge in [-0.2, -0.15) is 0 Å². The maximum absolute atomic E-state index is 13.1. The molecule has 1 aliphatic heterocycles. The Morgan fingerprint density at radius 2 is 1.84 bits per heavy atom. The summed E-state index contributed by atoms with van der Waals surface area (Å²) in [5, 5.41) is 3.39. The fourth-order valence-corrected chi connectivity index (χ4v) is 3.69. The van der Waals surface area contributed by atoms with Crippen molar-refractivity contribution >= 4 is 29.1 Å². The van der Waals surface area contributed by atoms with Crippen LogP contribution in [-0.2, 0) is 0 Å². The zero-order valence-corrected chi connectivity index (χ0v) is 17.6. The first-order chi connectivity index (χ1) is 14.9. The van der Waals surface area contributed by atoms with Crippen LogP contribution in [0.4, 0.5) is 10.1 Å². The van der Waals surface area contributed by atoms with Gasteiger partial charge in [-0.15, -0.1) is 0 Å². The Morgan fingerprint density at radius 1 is 1.13 bits per heavy atom. The molecule has 2 heterocycles. The van der Waals surface area contributed by atoms with Crippen LogP contribution in [0.1, 0.15) is 44.6 Å². The zero-order chi connectivity index (χ0) is 22.0. The Bertz CT molecular complexity index is 1120. The Balaban J connectivity index is 1.43. The van der Waals surface area contributed by atoms with E-state index >= 15 is 0 Å². The number of hydrogen-bond acceptors (Lipinski definition) is 4. The predicted octanol–water partition coefficient (Wildman–Crippen LogP) is 4.46. The third-order valence-electron chi connectivity index (χ3n) is 5.28. The van der Waals surface area contributed by atoms with Gasteiger partial charge in [-0.25, -0.2) is 14.4 Å². The number of hydrogen-bond donors (Lipinski definition) is 1. The molecule has 0 radical (unpaired) electrons. The van der Waals surface area contributed by atoms with Crippen molar-refractivity contribution in [3.63, 3.8) is 0 Å². The second kappa shape index (κ2) is 8.81. The van der Waals surface area contributed by atoms with E-state index in [2.05, 4.69) is 15.3 Å². The minimum Gasteiger partial charge on any atom is -0.338 e. The highest BCUT2D eigenvalue weighted by molar-refractivity contribution is 6.30. The molecule has 1 fully saturated rings. The Kier molecular flexibility index (Phi) is 5.95. The van der Waals surface area contributed by atoms with Gasteiger partial charge >= 0.3 is 0 Å². The van der Waals surface area contributed by atoms with E-state index in [0.717, 1.165) is 6.42 Å². The third kappa shape index (κ3) is 4.72. The first-order valence-corrected chi connectivity index (χ1v) is 10.2. The SMILES string of the molecule is Cc1nc([C@H]2CCN(C(=O)c3ccc(F)cc3)C2)ncc1C(=O)Nc1ccc(Cl)cc1. The molecule has 0 aliphatic carbocycles. The van der Waals surface area contributed by atoms with Crippen LogP contribution in [-0.4, -0.2) is 39.8 Å². The van der Waals surface area contributed by atoms with Crippen molar-refractivity contribution in [1.82, 2.24) is 14.9 Å². The lowest BCUT2D eigenvalue weighted by molar-refractivity contribution is 0.0790. The van der Waals surface area contributed by atoms with Crippen LogP contribution in [0.15, 0.2) is 54.7 Å². The number of nitrogens with one attached hydrogen (secondary N) is 1. The van der Waals surface area contributed by atoms with Crippen molar-refractivity contribution < 1.29 is 14.0 Å². The summed E-state index contributed by atoms with van der Waals surface area (Å²) >= 11 is 5.87. The number of benzene rings is 2. The molecule has 1 N–H and O–H groups in total. The maximum Gasteiger partial charge on any atom is 0.259 e. The second-order valence-corrected chi connectivity index (χ2v) is 7.87. The van der Waals surface area contributed by atoms with Gasteiger partial charge in [0.2, 0.25) is 0 Å². The smallest absolute Gasteiger partial charge is 0.259 e. The van der Waals surface area contributed by atoms with Crippen LogP contribution in [0.25, 0.3) is 0 Å². The summed E-state index contributed by atoms with van der Waals surface area (Å²) in [6.07, 6.45) is 2.25. The van der Waals surface area contributed by atoms with Crippen molar-refractivity contribution in [1.29, 1.82) is 0 Å². The number of nitrogens with zero attached hydrogens (tertiary/aromatic N) is 3. The van der Waals surface area contributed by atoms with E-state index < -0.39 is 0 Å². The minimum atomic E-state index is -0.375. The first-order valence-electron chi connectivity index (χ1n) is 9.86. The quantitative estimate of drug-likeness (QED) is 0.652. The summed E-state index contributed by atoms with van der Waals surface area (Å²) in [7, 11) is 0. The molecule has 1 atom stereocenters. The summed E-state index contributed by atoms with van der Waals surface area (Å²) in [5.74, 6) is -0.226. The van der Waals surface area contributed by atoms with Crippen LogP contribution < -0.4 is 5.32 Å². The number of rotatable bonds is 4. The molecule has 3 aromatic rings. The summed E-state index contributed by atoms with van der Waals surface area (Å²) in [4.78, 5) is 35.9. The summed E-state index contributed by atoms with van der Waals surface area (Å²) in [6.45, 7) is 2.81. The Morgan fingerprint density at radius 3 is 2.52 bits per heavy atom. The molecule has 158 valence electrons. The lowest BCUT2D eigenvalue weighted by Crippen LogP contribution is -2.28. The first kappa shape index (κ1) is 20.9. The third-order valence-corrected chi connectivity index (χ3v) is 5.53. The minimum absolute atomic E-state index is 0.0172. The Hall–Kier alpha value is -3.32. The monoisotopic (exact) mass is 438 g/mol. The average Bonchev–Trinajstić information content (AvgIpc) is 3.25. The zero-order valence-electron chi connectivity index (χ0n) is 16.8. The van der Waals surface area contributed by atoms with Crippen molar-refractivity contribution in [3.05, 3.63) is 88.2 Å². The fraction of sp³-hybridized carbons (Fsp3) is 0.217. The lowest BCUT2D eigenvalue weighted by Gasteiger charge is -2.16. The highest BCUT2D eigenvalue weighted by Gasteiger charge is 2.30. The van der Waals surface area contributed by atoms with Gasteiger partial charge in [-0.3, -0.25) is 9.59 Å². The van der Waals surface area contributed by atoms with Gasteiger partial charge in [0, 0.05) is 41.5 Å². The van der Waals surface area contributed by atoms with Crippen molar-refractivity contribution in [2.45, 2.75) is 19.3 Å². The number of carbonyl (C=O) groups excluding carboxylic acids is 2. The summed E-state index contributed by atoms with van der Waals surface area (Å²) < 4.78 is 13.1. The fourth-order valence-electron chi connectivity index (χ4n) is 3.57. The molecule has 8 heteroatoms. The summed E-state index contributed by atoms with van der Waals surface area (Å²) in [6, 6.07) is 12.4. The standard InChI is InChI=1S/C23H20ClFN4O2/c1-14-20(22(30)28-19-8-4-17(24)5-9-19)12-26-21(27-14)16-10-11-29(13-16)23(31)15-2-6-18(25)7-3-15/h2-9,12,16H,10-11,13H2,1H3,(H,28,30)/t16-/m0/s1. The van der Waals surface area contributed by atoms with E-state index in [-0.39, 0.29) is 23.5 Å². The number of likely N-dealkylation sites (tertiary alicyclic amines) is 1. The molecule has 1 aromatic heterocycles. The van der Waals surface area contributed by atoms with Gasteiger partial charge in [0.1, 0.15) is 11.6 Å². The van der Waals surface area contributed by atoms with Crippen molar-refractivity contribution in [2.75, 3.05) is 18.4 Å². The molecular formula is C23H20ClFN4O2. The normalized spacial score (nSPS) is 15.7. The highest BCUT2D eigenvalue weighted by atomic mass is 35.5. The van der Waals surface area contributed by atoms with Crippen LogP contribution in [0, 0.1) is 12.7 Å². The largest absolute Gasteiger partial charge is 0.338 e. The molecule has 0 unspecified atom stereocenters. The van der Waals surface area contributed by atoms with Gasteiger partial charge in [0.25, 0.3) is 11.8 Å². The van der Waals surface area contributed by atoms with E-state index in [1.54, 1.807) is 36.1 Å². The van der Waals surface area contributed by atoms with E-state index in [1.165, 1.54) is 30.5 Å². The molecule has 4 rings (SSSR count). The van der Waals surface area contributed by atoms with Crippen LogP contribution >= 0.6 is 11.6 Å². The number of halogens is 2. The van der Waals surface area contributed by atoms with E-state index in [4.69, 9.17) is 11.6 Å². The van der Waals surface area contributed by atoms with Gasteiger partial charge in [0.15, 0.2) is 0 Å². The molecule has 0 bridgehead atoms. The van der Waals surface area contributed by atoms with Crippen LogP contribution in [0.5, 0.6) is 0 Å². The van der Waals surface area contributed by atoms with Crippen LogP contribution in [0.2, 0.25) is 5.02 Å². The molecule has 0 spiro atoms. The number of aromatic nitrogens is 2. The summed E-state index contributed by atoms with van der Waals surface area (Å²) in [5.41, 5.74) is 2.03.